The molecule has 0 aromatic rings. The first kappa shape index (κ1) is 24.0. The maximum Gasteiger partial charge on any atom is -0.0533 e. The Morgan fingerprint density at radius 1 is 0.158 bits per heavy atom. The lowest BCUT2D eigenvalue weighted by Crippen LogP contribution is -1.85. The largest absolute Gasteiger partial charge is 0.0776 e. The topological polar surface area (TPSA) is 0 Å². The Morgan fingerprint density at radius 3 is 0.211 bits per heavy atom. The van der Waals surface area contributed by atoms with Gasteiger partial charge in [-0.05, 0) is 0 Å². The first-order chi connectivity index (χ1) is 8.00. The fourth-order valence-corrected chi connectivity index (χ4v) is 1.000. The fraction of sp³-hybridized carbons (Fsp3) is 1.00. The van der Waals surface area contributed by atoms with Crippen LogP contribution >= 0.6 is 0 Å². The van der Waals surface area contributed by atoms with Gasteiger partial charge in [-0.1, -0.05) is 125 Å². The zero-order valence-electron chi connectivity index (χ0n) is 11.3. The van der Waals surface area contributed by atoms with Crippen LogP contribution in [-0.2, 0) is 0 Å². The van der Waals surface area contributed by atoms with E-state index in [1.165, 1.54) is 103 Å². The Hall–Kier alpha value is 0. The SMILES string of the molecule is C.C.C.C1CCC1.C1CCC1.C1CCC1.C1CCC1. The van der Waals surface area contributed by atoms with Gasteiger partial charge in [0.05, 0.1) is 0 Å². The average Bonchev–Trinajstić information content (AvgIpc) is 1.62. The van der Waals surface area contributed by atoms with Crippen molar-refractivity contribution < 1.29 is 0 Å². The van der Waals surface area contributed by atoms with Gasteiger partial charge in [0.2, 0.25) is 0 Å². The van der Waals surface area contributed by atoms with E-state index in [9.17, 15) is 0 Å². The van der Waals surface area contributed by atoms with Crippen molar-refractivity contribution >= 4 is 0 Å². The minimum Gasteiger partial charge on any atom is -0.0776 e. The molecule has 4 rings (SSSR count). The number of hydrogen-bond acceptors (Lipinski definition) is 0. The van der Waals surface area contributed by atoms with Crippen LogP contribution in [0.25, 0.3) is 0 Å². The van der Waals surface area contributed by atoms with Gasteiger partial charge in [-0.3, -0.25) is 0 Å². The molecular formula is C19H44. The van der Waals surface area contributed by atoms with E-state index in [0.717, 1.165) is 0 Å². The summed E-state index contributed by atoms with van der Waals surface area (Å²) < 4.78 is 0. The maximum atomic E-state index is 1.50. The van der Waals surface area contributed by atoms with Gasteiger partial charge in [0, 0.05) is 0 Å². The van der Waals surface area contributed by atoms with Gasteiger partial charge in [-0.25, -0.2) is 0 Å². The summed E-state index contributed by atoms with van der Waals surface area (Å²) in [5.74, 6) is 0. The second kappa shape index (κ2) is 20.3. The Bertz CT molecular complexity index is 64.0. The number of hydrogen-bond donors (Lipinski definition) is 0. The molecule has 0 aromatic carbocycles. The molecule has 0 nitrogen and oxygen atoms in total. The highest BCUT2D eigenvalue weighted by Crippen LogP contribution is 2.16. The Balaban J connectivity index is -0.000000171. The average molecular weight is 273 g/mol. The molecule has 4 saturated carbocycles. The third kappa shape index (κ3) is 18.0. The van der Waals surface area contributed by atoms with Crippen LogP contribution in [0, 0.1) is 0 Å². The van der Waals surface area contributed by atoms with Crippen LogP contribution in [0.15, 0.2) is 0 Å². The molecule has 4 aliphatic rings. The molecule has 0 heterocycles. The van der Waals surface area contributed by atoms with Crippen molar-refractivity contribution in [3.05, 3.63) is 0 Å². The van der Waals surface area contributed by atoms with Crippen LogP contribution in [0.4, 0.5) is 0 Å². The second-order valence-corrected chi connectivity index (χ2v) is 5.66. The van der Waals surface area contributed by atoms with Crippen molar-refractivity contribution in [3.63, 3.8) is 0 Å². The molecule has 0 N–H and O–H groups in total. The van der Waals surface area contributed by atoms with Crippen molar-refractivity contribution in [1.82, 2.24) is 0 Å². The molecule has 0 amide bonds. The van der Waals surface area contributed by atoms with Crippen LogP contribution in [0.1, 0.15) is 125 Å². The van der Waals surface area contributed by atoms with Gasteiger partial charge in [-0.15, -0.1) is 0 Å². The van der Waals surface area contributed by atoms with Crippen molar-refractivity contribution in [2.24, 2.45) is 0 Å². The summed E-state index contributed by atoms with van der Waals surface area (Å²) in [6.07, 6.45) is 24.0. The predicted molar refractivity (Wildman–Crippen MR) is 94.1 cm³/mol. The van der Waals surface area contributed by atoms with E-state index < -0.39 is 0 Å². The summed E-state index contributed by atoms with van der Waals surface area (Å²) in [7, 11) is 0. The van der Waals surface area contributed by atoms with Gasteiger partial charge in [0.1, 0.15) is 0 Å². The second-order valence-electron chi connectivity index (χ2n) is 5.66. The monoisotopic (exact) mass is 272 g/mol. The molecule has 120 valence electrons. The van der Waals surface area contributed by atoms with E-state index in [0.29, 0.717) is 0 Å². The van der Waals surface area contributed by atoms with Gasteiger partial charge >= 0.3 is 0 Å². The first-order valence-corrected chi connectivity index (χ1v) is 8.00. The smallest absolute Gasteiger partial charge is 0.0533 e. The molecule has 0 bridgehead atoms. The lowest BCUT2D eigenvalue weighted by atomic mass is 10.0. The van der Waals surface area contributed by atoms with Crippen LogP contribution < -0.4 is 0 Å². The molecule has 4 fully saturated rings. The summed E-state index contributed by atoms with van der Waals surface area (Å²) in [4.78, 5) is 0. The van der Waals surface area contributed by atoms with Crippen molar-refractivity contribution in [3.8, 4) is 0 Å². The maximum absolute atomic E-state index is 1.50. The highest BCUT2D eigenvalue weighted by molar-refractivity contribution is 4.52. The zero-order chi connectivity index (χ0) is 11.3. The van der Waals surface area contributed by atoms with Crippen LogP contribution in [0.5, 0.6) is 0 Å². The quantitative estimate of drug-likeness (QED) is 0.417. The molecule has 0 unspecified atom stereocenters. The highest BCUT2D eigenvalue weighted by atomic mass is 14.0. The molecular weight excluding hydrogens is 228 g/mol. The number of rotatable bonds is 0. The molecule has 0 atom stereocenters. The third-order valence-corrected chi connectivity index (χ3v) is 4.00. The summed E-state index contributed by atoms with van der Waals surface area (Å²) in [6.45, 7) is 0. The van der Waals surface area contributed by atoms with E-state index in [-0.39, 0.29) is 22.3 Å². The summed E-state index contributed by atoms with van der Waals surface area (Å²) >= 11 is 0. The Kier molecular flexibility index (Phi) is 25.7. The van der Waals surface area contributed by atoms with Gasteiger partial charge in [-0.2, -0.15) is 0 Å². The van der Waals surface area contributed by atoms with Gasteiger partial charge in [0.15, 0.2) is 0 Å². The minimum atomic E-state index is 0. The minimum absolute atomic E-state index is 0. The van der Waals surface area contributed by atoms with E-state index in [2.05, 4.69) is 0 Å². The molecule has 0 spiro atoms. The standard InChI is InChI=1S/4C4H8.3CH4/c4*1-2-4-3-1;;;/h4*1-4H2;3*1H4. The molecule has 0 aliphatic heterocycles. The molecule has 0 saturated heterocycles. The van der Waals surface area contributed by atoms with Gasteiger partial charge < -0.3 is 0 Å². The van der Waals surface area contributed by atoms with Gasteiger partial charge in [0.25, 0.3) is 0 Å². The molecule has 0 aromatic heterocycles. The molecule has 0 radical (unpaired) electrons. The highest BCUT2D eigenvalue weighted by Gasteiger charge is 1.96. The van der Waals surface area contributed by atoms with E-state index in [4.69, 9.17) is 0 Å². The molecule has 4 aliphatic carbocycles. The third-order valence-electron chi connectivity index (χ3n) is 4.00. The summed E-state index contributed by atoms with van der Waals surface area (Å²) in [5, 5.41) is 0. The van der Waals surface area contributed by atoms with Crippen molar-refractivity contribution in [1.29, 1.82) is 0 Å². The molecule has 0 heteroatoms. The lowest BCUT2D eigenvalue weighted by Gasteiger charge is -2.05. The van der Waals surface area contributed by atoms with E-state index in [1.54, 1.807) is 0 Å². The van der Waals surface area contributed by atoms with Crippen LogP contribution in [-0.4, -0.2) is 0 Å². The Morgan fingerprint density at radius 2 is 0.211 bits per heavy atom. The van der Waals surface area contributed by atoms with E-state index >= 15 is 0 Å². The lowest BCUT2D eigenvalue weighted by molar-refractivity contribution is 0.504. The first-order valence-electron chi connectivity index (χ1n) is 8.00. The zero-order valence-corrected chi connectivity index (χ0v) is 11.3. The van der Waals surface area contributed by atoms with Crippen molar-refractivity contribution in [2.75, 3.05) is 0 Å². The predicted octanol–water partition coefficient (Wildman–Crippen LogP) is 8.15. The normalized spacial score (nSPS) is 20.2. The van der Waals surface area contributed by atoms with Crippen LogP contribution in [0.2, 0.25) is 0 Å². The molecule has 19 heavy (non-hydrogen) atoms. The van der Waals surface area contributed by atoms with Crippen molar-refractivity contribution in [2.45, 2.75) is 125 Å². The summed E-state index contributed by atoms with van der Waals surface area (Å²) in [6, 6.07) is 0. The fourth-order valence-electron chi connectivity index (χ4n) is 1.000. The van der Waals surface area contributed by atoms with Crippen LogP contribution in [0.3, 0.4) is 0 Å². The summed E-state index contributed by atoms with van der Waals surface area (Å²) in [5.41, 5.74) is 0. The Labute approximate surface area is 125 Å². The van der Waals surface area contributed by atoms with E-state index in [1.807, 2.05) is 0 Å².